The molecule has 5 atom stereocenters. The number of epoxide rings is 2. The minimum absolute atomic E-state index is 0.0408. The molecule has 2 saturated carbocycles. The van der Waals surface area contributed by atoms with E-state index < -0.39 is 0 Å². The summed E-state index contributed by atoms with van der Waals surface area (Å²) in [5.74, 6) is -0.0330. The molecule has 18 heavy (non-hydrogen) atoms. The molecule has 2 aliphatic heterocycles. The molecule has 98 valence electrons. The fourth-order valence-corrected chi connectivity index (χ4v) is 3.26. The van der Waals surface area contributed by atoms with Crippen LogP contribution in [0.25, 0.3) is 0 Å². The summed E-state index contributed by atoms with van der Waals surface area (Å²) in [5, 5.41) is 0. The number of rotatable bonds is 2. The Labute approximate surface area is 106 Å². The molecule has 0 aromatic carbocycles. The van der Waals surface area contributed by atoms with Crippen molar-refractivity contribution in [1.29, 1.82) is 0 Å². The smallest absolute Gasteiger partial charge is 0.313 e. The number of hydrogen-bond acceptors (Lipinski definition) is 4. The lowest BCUT2D eigenvalue weighted by Gasteiger charge is -2.17. The fourth-order valence-electron chi connectivity index (χ4n) is 3.26. The molecule has 0 radical (unpaired) electrons. The Kier molecular flexibility index (Phi) is 2.49. The zero-order valence-electron chi connectivity index (χ0n) is 10.3. The van der Waals surface area contributed by atoms with Crippen molar-refractivity contribution in [2.45, 2.75) is 62.9 Å². The van der Waals surface area contributed by atoms with Crippen molar-refractivity contribution in [3.8, 4) is 0 Å². The summed E-state index contributed by atoms with van der Waals surface area (Å²) in [6, 6.07) is 0. The Balaban J connectivity index is 1.30. The summed E-state index contributed by atoms with van der Waals surface area (Å²) in [7, 11) is 0. The number of fused-ring (bicyclic) bond motifs is 2. The van der Waals surface area contributed by atoms with Crippen LogP contribution in [0.3, 0.4) is 0 Å². The van der Waals surface area contributed by atoms with E-state index in [9.17, 15) is 4.79 Å². The largest absolute Gasteiger partial charge is 0.434 e. The summed E-state index contributed by atoms with van der Waals surface area (Å²) < 4.78 is 16.2. The predicted octanol–water partition coefficient (Wildman–Crippen LogP) is 1.93. The molecule has 4 rings (SSSR count). The zero-order chi connectivity index (χ0) is 12.1. The van der Waals surface area contributed by atoms with Crippen LogP contribution >= 0.6 is 0 Å². The average Bonchev–Trinajstić information content (AvgIpc) is 3.26. The van der Waals surface area contributed by atoms with Gasteiger partial charge in [-0.05, 0) is 37.7 Å². The van der Waals surface area contributed by atoms with Crippen LogP contribution in [0.2, 0.25) is 0 Å². The second kappa shape index (κ2) is 4.07. The molecule has 2 aliphatic carbocycles. The van der Waals surface area contributed by atoms with E-state index in [1.165, 1.54) is 5.57 Å². The molecule has 4 heteroatoms. The van der Waals surface area contributed by atoms with Gasteiger partial charge in [-0.1, -0.05) is 0 Å². The summed E-state index contributed by atoms with van der Waals surface area (Å²) in [6.07, 6.45) is 9.14. The summed E-state index contributed by atoms with van der Waals surface area (Å²) in [6.45, 7) is 0. The Bertz CT molecular complexity index is 403. The molecular formula is C14H18O4. The normalized spacial score (nSPS) is 47.1. The van der Waals surface area contributed by atoms with E-state index in [0.717, 1.165) is 38.5 Å². The van der Waals surface area contributed by atoms with Gasteiger partial charge in [-0.25, -0.2) is 0 Å². The first-order valence-corrected chi connectivity index (χ1v) is 6.99. The minimum atomic E-state index is -0.0738. The molecule has 4 fully saturated rings. The molecule has 4 aliphatic rings. The molecule has 0 bridgehead atoms. The highest BCUT2D eigenvalue weighted by molar-refractivity contribution is 5.73. The van der Waals surface area contributed by atoms with Crippen molar-refractivity contribution in [3.63, 3.8) is 0 Å². The van der Waals surface area contributed by atoms with Crippen LogP contribution in [0.4, 0.5) is 0 Å². The van der Waals surface area contributed by atoms with E-state index in [1.54, 1.807) is 6.26 Å². The zero-order valence-corrected chi connectivity index (χ0v) is 10.3. The summed E-state index contributed by atoms with van der Waals surface area (Å²) in [5.41, 5.74) is 1.22. The molecule has 2 saturated heterocycles. The van der Waals surface area contributed by atoms with Crippen molar-refractivity contribution in [2.75, 3.05) is 0 Å². The van der Waals surface area contributed by atoms with E-state index in [1.807, 2.05) is 0 Å². The molecule has 5 unspecified atom stereocenters. The van der Waals surface area contributed by atoms with Crippen molar-refractivity contribution in [1.82, 2.24) is 0 Å². The van der Waals surface area contributed by atoms with Crippen molar-refractivity contribution >= 4 is 5.97 Å². The maximum Gasteiger partial charge on any atom is 0.313 e. The number of ether oxygens (including phenoxy) is 3. The molecule has 0 amide bonds. The molecule has 0 spiro atoms. The monoisotopic (exact) mass is 250 g/mol. The maximum atomic E-state index is 11.9. The lowest BCUT2D eigenvalue weighted by Crippen LogP contribution is -2.22. The van der Waals surface area contributed by atoms with Crippen molar-refractivity contribution in [3.05, 3.63) is 11.8 Å². The van der Waals surface area contributed by atoms with Gasteiger partial charge in [0.15, 0.2) is 0 Å². The Morgan fingerprint density at radius 3 is 2.78 bits per heavy atom. The van der Waals surface area contributed by atoms with E-state index in [2.05, 4.69) is 0 Å². The SMILES string of the molecule is O=C(O/C=C1\CCC2OC2C1)C1CCC2OC2C1. The van der Waals surface area contributed by atoms with Gasteiger partial charge < -0.3 is 14.2 Å². The first kappa shape index (κ1) is 11.0. The number of esters is 1. The van der Waals surface area contributed by atoms with Gasteiger partial charge in [0.2, 0.25) is 0 Å². The highest BCUT2D eigenvalue weighted by Crippen LogP contribution is 2.41. The quantitative estimate of drug-likeness (QED) is 0.427. The van der Waals surface area contributed by atoms with Gasteiger partial charge in [-0.2, -0.15) is 0 Å². The van der Waals surface area contributed by atoms with Crippen LogP contribution in [0.1, 0.15) is 38.5 Å². The topological polar surface area (TPSA) is 51.4 Å². The van der Waals surface area contributed by atoms with Gasteiger partial charge in [0.1, 0.15) is 0 Å². The third-order valence-electron chi connectivity index (χ3n) is 4.58. The number of carbonyl (C=O) groups is 1. The number of hydrogen-bond donors (Lipinski definition) is 0. The highest BCUT2D eigenvalue weighted by atomic mass is 16.6. The molecule has 0 aromatic rings. The van der Waals surface area contributed by atoms with E-state index in [4.69, 9.17) is 14.2 Å². The average molecular weight is 250 g/mol. The van der Waals surface area contributed by atoms with Crippen LogP contribution in [-0.4, -0.2) is 30.4 Å². The Morgan fingerprint density at radius 2 is 1.94 bits per heavy atom. The maximum absolute atomic E-state index is 11.9. The van der Waals surface area contributed by atoms with Gasteiger partial charge in [0.05, 0.1) is 36.6 Å². The molecular weight excluding hydrogens is 232 g/mol. The van der Waals surface area contributed by atoms with Crippen LogP contribution < -0.4 is 0 Å². The third-order valence-corrected chi connectivity index (χ3v) is 4.58. The predicted molar refractivity (Wildman–Crippen MR) is 62.7 cm³/mol. The van der Waals surface area contributed by atoms with Crippen LogP contribution in [0.5, 0.6) is 0 Å². The third kappa shape index (κ3) is 2.08. The standard InChI is InChI=1S/C14H18O4/c15-14(9-2-4-11-13(6-9)18-11)16-7-8-1-3-10-12(5-8)17-10/h7,9-13H,1-6H2/b8-7+. The van der Waals surface area contributed by atoms with Crippen molar-refractivity contribution < 1.29 is 19.0 Å². The molecule has 2 heterocycles. The lowest BCUT2D eigenvalue weighted by molar-refractivity contribution is -0.143. The lowest BCUT2D eigenvalue weighted by atomic mass is 9.89. The van der Waals surface area contributed by atoms with Crippen molar-refractivity contribution in [2.24, 2.45) is 5.92 Å². The van der Waals surface area contributed by atoms with Gasteiger partial charge in [0, 0.05) is 6.42 Å². The second-order valence-electron chi connectivity index (χ2n) is 5.89. The summed E-state index contributed by atoms with van der Waals surface area (Å²) in [4.78, 5) is 11.9. The highest BCUT2D eigenvalue weighted by Gasteiger charge is 2.46. The first-order chi connectivity index (χ1) is 8.79. The molecule has 0 aromatic heterocycles. The second-order valence-corrected chi connectivity index (χ2v) is 5.89. The Hall–Kier alpha value is -0.870. The van der Waals surface area contributed by atoms with Gasteiger partial charge in [-0.15, -0.1) is 0 Å². The van der Waals surface area contributed by atoms with Crippen LogP contribution in [0, 0.1) is 5.92 Å². The van der Waals surface area contributed by atoms with Gasteiger partial charge in [0.25, 0.3) is 0 Å². The van der Waals surface area contributed by atoms with Crippen LogP contribution in [-0.2, 0) is 19.0 Å². The molecule has 4 nitrogen and oxygen atoms in total. The number of carbonyl (C=O) groups excluding carboxylic acids is 1. The Morgan fingerprint density at radius 1 is 1.11 bits per heavy atom. The van der Waals surface area contributed by atoms with Gasteiger partial charge in [-0.3, -0.25) is 4.79 Å². The van der Waals surface area contributed by atoms with E-state index in [0.29, 0.717) is 24.4 Å². The fraction of sp³-hybridized carbons (Fsp3) is 0.786. The van der Waals surface area contributed by atoms with E-state index in [-0.39, 0.29) is 11.9 Å². The van der Waals surface area contributed by atoms with Crippen LogP contribution in [0.15, 0.2) is 11.8 Å². The molecule has 0 N–H and O–H groups in total. The first-order valence-electron chi connectivity index (χ1n) is 6.99. The minimum Gasteiger partial charge on any atom is -0.434 e. The van der Waals surface area contributed by atoms with E-state index >= 15 is 0 Å². The summed E-state index contributed by atoms with van der Waals surface area (Å²) >= 11 is 0. The van der Waals surface area contributed by atoms with Gasteiger partial charge >= 0.3 is 5.97 Å².